The molecule has 2 heterocycles. The van der Waals surface area contributed by atoms with Crippen molar-refractivity contribution in [2.75, 3.05) is 13.1 Å². The molecule has 5 heteroatoms. The highest BCUT2D eigenvalue weighted by molar-refractivity contribution is 5.99. The van der Waals surface area contributed by atoms with Crippen molar-refractivity contribution in [2.45, 2.75) is 20.3 Å². The summed E-state index contributed by atoms with van der Waals surface area (Å²) in [6.45, 7) is 5.88. The van der Waals surface area contributed by atoms with Crippen molar-refractivity contribution in [1.29, 1.82) is 0 Å². The summed E-state index contributed by atoms with van der Waals surface area (Å²) in [6, 6.07) is 0. The molecule has 1 aromatic rings. The minimum absolute atomic E-state index is 0.167. The number of Topliss-reactive ketones (excluding diaryl/α,β-unsaturated/α-hetero) is 1. The fraction of sp³-hybridized carbons (Fsp3) is 0.727. The second-order valence-electron chi connectivity index (χ2n) is 4.81. The van der Waals surface area contributed by atoms with Crippen molar-refractivity contribution in [3.8, 4) is 0 Å². The summed E-state index contributed by atoms with van der Waals surface area (Å²) in [4.78, 5) is 12.6. The second-order valence-corrected chi connectivity index (χ2v) is 4.81. The predicted molar refractivity (Wildman–Crippen MR) is 60.1 cm³/mol. The van der Waals surface area contributed by atoms with Gasteiger partial charge in [0.15, 0.2) is 5.78 Å². The van der Waals surface area contributed by atoms with E-state index in [0.717, 1.165) is 19.5 Å². The van der Waals surface area contributed by atoms with Gasteiger partial charge in [0.1, 0.15) is 5.69 Å². The van der Waals surface area contributed by atoms with Gasteiger partial charge < -0.3 is 5.32 Å². The molecule has 1 aliphatic rings. The molecule has 5 nitrogen and oxygen atoms in total. The van der Waals surface area contributed by atoms with Crippen LogP contribution in [-0.4, -0.2) is 33.9 Å². The van der Waals surface area contributed by atoms with Crippen LogP contribution in [0.3, 0.4) is 0 Å². The largest absolute Gasteiger partial charge is 0.316 e. The summed E-state index contributed by atoms with van der Waals surface area (Å²) in [5.74, 6) is 0.491. The number of carbonyl (C=O) groups is 1. The maximum absolute atomic E-state index is 12.6. The quantitative estimate of drug-likeness (QED) is 0.762. The van der Waals surface area contributed by atoms with Crippen LogP contribution >= 0.6 is 0 Å². The maximum atomic E-state index is 12.6. The summed E-state index contributed by atoms with van der Waals surface area (Å²) in [7, 11) is 1.76. The minimum Gasteiger partial charge on any atom is -0.316 e. The van der Waals surface area contributed by atoms with Gasteiger partial charge in [-0.2, -0.15) is 0 Å². The summed E-state index contributed by atoms with van der Waals surface area (Å²) >= 11 is 0. The highest BCUT2D eigenvalue weighted by Gasteiger charge is 2.45. The molecule has 1 aliphatic heterocycles. The van der Waals surface area contributed by atoms with Gasteiger partial charge in [0.05, 0.1) is 11.6 Å². The molecule has 16 heavy (non-hydrogen) atoms. The Morgan fingerprint density at radius 2 is 2.38 bits per heavy atom. The molecule has 0 bridgehead atoms. The van der Waals surface area contributed by atoms with Crippen molar-refractivity contribution in [1.82, 2.24) is 20.3 Å². The number of carbonyl (C=O) groups excluding carboxylic acids is 1. The summed E-state index contributed by atoms with van der Waals surface area (Å²) in [6.07, 6.45) is 2.46. The Labute approximate surface area is 95.2 Å². The molecule has 1 unspecified atom stereocenters. The van der Waals surface area contributed by atoms with Crippen LogP contribution in [0.4, 0.5) is 0 Å². The lowest BCUT2D eigenvalue weighted by Gasteiger charge is -2.30. The topological polar surface area (TPSA) is 59.8 Å². The molecule has 1 saturated heterocycles. The molecular weight excluding hydrogens is 204 g/mol. The van der Waals surface area contributed by atoms with E-state index in [1.54, 1.807) is 17.9 Å². The number of ketones is 1. The van der Waals surface area contributed by atoms with E-state index in [0.29, 0.717) is 11.6 Å². The van der Waals surface area contributed by atoms with Gasteiger partial charge in [0.25, 0.3) is 0 Å². The molecule has 1 aromatic heterocycles. The van der Waals surface area contributed by atoms with Crippen LogP contribution < -0.4 is 5.32 Å². The third kappa shape index (κ3) is 1.55. The number of nitrogens with one attached hydrogen (secondary N) is 1. The molecule has 1 fully saturated rings. The first kappa shape index (κ1) is 11.3. The van der Waals surface area contributed by atoms with Gasteiger partial charge >= 0.3 is 0 Å². The van der Waals surface area contributed by atoms with Crippen LogP contribution in [0.5, 0.6) is 0 Å². The van der Waals surface area contributed by atoms with E-state index >= 15 is 0 Å². The minimum atomic E-state index is -0.282. The Morgan fingerprint density at radius 3 is 2.81 bits per heavy atom. The van der Waals surface area contributed by atoms with E-state index < -0.39 is 0 Å². The van der Waals surface area contributed by atoms with Crippen LogP contribution in [0.2, 0.25) is 0 Å². The highest BCUT2D eigenvalue weighted by Crippen LogP contribution is 2.37. The number of nitrogens with zero attached hydrogens (tertiary/aromatic N) is 3. The van der Waals surface area contributed by atoms with Crippen molar-refractivity contribution in [3.05, 3.63) is 11.9 Å². The lowest BCUT2D eigenvalue weighted by molar-refractivity contribution is 0.0729. The molecule has 0 aromatic carbocycles. The van der Waals surface area contributed by atoms with E-state index in [1.807, 2.05) is 0 Å². The third-order valence-electron chi connectivity index (χ3n) is 3.69. The van der Waals surface area contributed by atoms with Crippen LogP contribution in [-0.2, 0) is 7.05 Å². The molecule has 1 atom stereocenters. The SMILES string of the molecule is CC(C)C1(C(=O)c2cnnn2C)CCNC1. The monoisotopic (exact) mass is 222 g/mol. The fourth-order valence-electron chi connectivity index (χ4n) is 2.41. The Kier molecular flexibility index (Phi) is 2.80. The van der Waals surface area contributed by atoms with Crippen molar-refractivity contribution >= 4 is 5.78 Å². The van der Waals surface area contributed by atoms with Gasteiger partial charge in [-0.25, -0.2) is 4.68 Å². The molecule has 1 N–H and O–H groups in total. The van der Waals surface area contributed by atoms with Gasteiger partial charge in [-0.05, 0) is 18.9 Å². The Balaban J connectivity index is 2.35. The van der Waals surface area contributed by atoms with Gasteiger partial charge in [0.2, 0.25) is 0 Å². The van der Waals surface area contributed by atoms with Crippen molar-refractivity contribution < 1.29 is 4.79 Å². The lowest BCUT2D eigenvalue weighted by atomic mass is 9.72. The van der Waals surface area contributed by atoms with E-state index in [1.165, 1.54) is 0 Å². The second kappa shape index (κ2) is 3.97. The fourth-order valence-corrected chi connectivity index (χ4v) is 2.41. The van der Waals surface area contributed by atoms with Gasteiger partial charge in [-0.1, -0.05) is 19.1 Å². The number of aromatic nitrogens is 3. The first-order valence-corrected chi connectivity index (χ1v) is 5.68. The zero-order valence-electron chi connectivity index (χ0n) is 10.0. The molecule has 0 radical (unpaired) electrons. The number of aryl methyl sites for hydroxylation is 1. The summed E-state index contributed by atoms with van der Waals surface area (Å²) in [5, 5.41) is 10.9. The first-order valence-electron chi connectivity index (χ1n) is 5.68. The van der Waals surface area contributed by atoms with Gasteiger partial charge in [-0.15, -0.1) is 5.10 Å². The Morgan fingerprint density at radius 1 is 1.62 bits per heavy atom. The van der Waals surface area contributed by atoms with E-state index in [2.05, 4.69) is 29.5 Å². The zero-order chi connectivity index (χ0) is 11.8. The predicted octanol–water partition coefficient (Wildman–Crippen LogP) is 0.633. The van der Waals surface area contributed by atoms with Gasteiger partial charge in [0, 0.05) is 13.6 Å². The van der Waals surface area contributed by atoms with Crippen molar-refractivity contribution in [3.63, 3.8) is 0 Å². The molecule has 0 spiro atoms. The van der Waals surface area contributed by atoms with Crippen LogP contribution in [0.1, 0.15) is 30.8 Å². The average molecular weight is 222 g/mol. The van der Waals surface area contributed by atoms with E-state index in [9.17, 15) is 4.79 Å². The Hall–Kier alpha value is -1.23. The molecular formula is C11H18N4O. The highest BCUT2D eigenvalue weighted by atomic mass is 16.1. The standard InChI is InChI=1S/C11H18N4O/c1-8(2)11(4-5-12-7-11)10(16)9-6-13-14-15(9)3/h6,8,12H,4-5,7H2,1-3H3. The molecule has 2 rings (SSSR count). The zero-order valence-corrected chi connectivity index (χ0v) is 10.0. The number of hydrogen-bond donors (Lipinski definition) is 1. The maximum Gasteiger partial charge on any atom is 0.190 e. The third-order valence-corrected chi connectivity index (χ3v) is 3.69. The molecule has 88 valence electrons. The van der Waals surface area contributed by atoms with Crippen LogP contribution in [0, 0.1) is 11.3 Å². The molecule has 0 aliphatic carbocycles. The normalized spacial score (nSPS) is 25.2. The van der Waals surface area contributed by atoms with Gasteiger partial charge in [-0.3, -0.25) is 4.79 Å². The van der Waals surface area contributed by atoms with Crippen LogP contribution in [0.25, 0.3) is 0 Å². The van der Waals surface area contributed by atoms with Crippen LogP contribution in [0.15, 0.2) is 6.20 Å². The lowest BCUT2D eigenvalue weighted by Crippen LogP contribution is -2.39. The number of rotatable bonds is 3. The Bertz CT molecular complexity index is 390. The van der Waals surface area contributed by atoms with E-state index in [4.69, 9.17) is 0 Å². The van der Waals surface area contributed by atoms with Crippen molar-refractivity contribution in [2.24, 2.45) is 18.4 Å². The average Bonchev–Trinajstić information content (AvgIpc) is 2.85. The summed E-state index contributed by atoms with van der Waals surface area (Å²) in [5.41, 5.74) is 0.326. The van der Waals surface area contributed by atoms with E-state index in [-0.39, 0.29) is 11.2 Å². The smallest absolute Gasteiger partial charge is 0.190 e. The molecule has 0 saturated carbocycles. The number of hydrogen-bond acceptors (Lipinski definition) is 4. The molecule has 0 amide bonds. The summed E-state index contributed by atoms with van der Waals surface area (Å²) < 4.78 is 1.56. The first-order chi connectivity index (χ1) is 7.58.